The highest BCUT2D eigenvalue weighted by molar-refractivity contribution is 5.99. The molecule has 0 saturated carbocycles. The van der Waals surface area contributed by atoms with Gasteiger partial charge in [0.25, 0.3) is 0 Å². The van der Waals surface area contributed by atoms with Gasteiger partial charge in [0.1, 0.15) is 17.0 Å². The molecule has 5 aromatic rings. The van der Waals surface area contributed by atoms with Gasteiger partial charge in [-0.3, -0.25) is 4.57 Å². The Balaban J connectivity index is 1.81. The molecule has 0 radical (unpaired) electrons. The monoisotopic (exact) mass is 452 g/mol. The van der Waals surface area contributed by atoms with Crippen LogP contribution < -0.4 is 11.3 Å². The smallest absolute Gasteiger partial charge is 0.414 e. The molecule has 0 fully saturated rings. The fourth-order valence-electron chi connectivity index (χ4n) is 3.24. The van der Waals surface area contributed by atoms with Crippen LogP contribution in [0.25, 0.3) is 40.3 Å². The van der Waals surface area contributed by atoms with E-state index in [9.17, 15) is 22.8 Å². The number of aromatic nitrogens is 4. The molecule has 0 aliphatic rings. The zero-order valence-corrected chi connectivity index (χ0v) is 16.4. The van der Waals surface area contributed by atoms with Crippen molar-refractivity contribution in [2.45, 2.75) is 6.18 Å². The molecule has 2 aromatic carbocycles. The lowest BCUT2D eigenvalue weighted by Crippen LogP contribution is -2.20. The second kappa shape index (κ2) is 7.55. The second-order valence-corrected chi connectivity index (χ2v) is 6.83. The molecule has 3 heterocycles. The van der Waals surface area contributed by atoms with Crippen LogP contribution in [-0.4, -0.2) is 19.5 Å². The van der Waals surface area contributed by atoms with E-state index < -0.39 is 23.1 Å². The van der Waals surface area contributed by atoms with Crippen molar-refractivity contribution in [2.75, 3.05) is 0 Å². The molecule has 0 unspecified atom stereocenters. The van der Waals surface area contributed by atoms with Crippen LogP contribution >= 0.6 is 0 Å². The van der Waals surface area contributed by atoms with E-state index in [-0.39, 0.29) is 34.0 Å². The lowest BCUT2D eigenvalue weighted by molar-refractivity contribution is -0.141. The van der Waals surface area contributed by atoms with E-state index >= 15 is 0 Å². The summed E-state index contributed by atoms with van der Waals surface area (Å²) in [5, 5.41) is 0. The molecule has 11 heteroatoms. The van der Waals surface area contributed by atoms with Crippen molar-refractivity contribution in [3.05, 3.63) is 92.6 Å². The normalized spacial score (nSPS) is 12.2. The number of halogens is 3. The minimum Gasteiger partial charge on any atom is -0.414 e. The van der Waals surface area contributed by atoms with Gasteiger partial charge in [0.15, 0.2) is 5.58 Å². The van der Waals surface area contributed by atoms with Crippen LogP contribution in [0.15, 0.2) is 73.2 Å². The molecule has 3 aromatic heterocycles. The first-order valence-electron chi connectivity index (χ1n) is 9.44. The van der Waals surface area contributed by atoms with Gasteiger partial charge < -0.3 is 8.83 Å². The number of alkyl halides is 3. The third kappa shape index (κ3) is 3.69. The van der Waals surface area contributed by atoms with Gasteiger partial charge in [-0.25, -0.2) is 24.5 Å². The van der Waals surface area contributed by atoms with Crippen molar-refractivity contribution in [1.29, 1.82) is 0 Å². The maximum absolute atomic E-state index is 13.3. The van der Waals surface area contributed by atoms with Crippen molar-refractivity contribution in [3.8, 4) is 5.95 Å². The Kier molecular flexibility index (Phi) is 4.66. The molecule has 0 atom stereocenters. The first-order valence-corrected chi connectivity index (χ1v) is 9.44. The molecule has 0 amide bonds. The van der Waals surface area contributed by atoms with Gasteiger partial charge in [0, 0.05) is 6.20 Å². The van der Waals surface area contributed by atoms with E-state index in [2.05, 4.69) is 15.0 Å². The van der Waals surface area contributed by atoms with E-state index in [0.29, 0.717) is 0 Å². The largest absolute Gasteiger partial charge is 0.433 e. The molecule has 0 aliphatic heterocycles. The quantitative estimate of drug-likeness (QED) is 0.380. The summed E-state index contributed by atoms with van der Waals surface area (Å²) >= 11 is 0. The highest BCUT2D eigenvalue weighted by atomic mass is 19.4. The lowest BCUT2D eigenvalue weighted by atomic mass is 10.2. The predicted octanol–water partition coefficient (Wildman–Crippen LogP) is 4.06. The second-order valence-electron chi connectivity index (χ2n) is 6.83. The maximum Gasteiger partial charge on any atom is 0.433 e. The zero-order chi connectivity index (χ0) is 23.2. The first kappa shape index (κ1) is 20.4. The summed E-state index contributed by atoms with van der Waals surface area (Å²) in [5.74, 6) is -0.131. The number of imidazole rings is 1. The van der Waals surface area contributed by atoms with Gasteiger partial charge in [-0.1, -0.05) is 36.4 Å². The van der Waals surface area contributed by atoms with E-state index in [1.807, 2.05) is 30.3 Å². The molecular weight excluding hydrogens is 441 g/mol. The van der Waals surface area contributed by atoms with Gasteiger partial charge in [0.05, 0.1) is 5.52 Å². The van der Waals surface area contributed by atoms with E-state index in [1.165, 1.54) is 16.7 Å². The molecule has 33 heavy (non-hydrogen) atoms. The van der Waals surface area contributed by atoms with Crippen molar-refractivity contribution < 1.29 is 22.0 Å². The van der Waals surface area contributed by atoms with Gasteiger partial charge >= 0.3 is 17.4 Å². The predicted molar refractivity (Wildman–Crippen MR) is 112 cm³/mol. The highest BCUT2D eigenvalue weighted by Crippen LogP contribution is 2.30. The standard InChI is InChI=1S/C22H11F3N4O4/c23-22(24,25)15-10-11-26-21(27-15)29-13-7-8-14-18(33-20(31)19(30)32-14)17(13)28-16(29)9-6-12-4-2-1-3-5-12/h1-11H/b9-6+. The van der Waals surface area contributed by atoms with E-state index in [0.717, 1.165) is 17.8 Å². The number of hydrogen-bond donors (Lipinski definition) is 0. The Morgan fingerprint density at radius 3 is 2.39 bits per heavy atom. The summed E-state index contributed by atoms with van der Waals surface area (Å²) in [6, 6.07) is 12.7. The van der Waals surface area contributed by atoms with Crippen LogP contribution in [0, 0.1) is 0 Å². The van der Waals surface area contributed by atoms with Gasteiger partial charge in [0.2, 0.25) is 11.5 Å². The van der Waals surface area contributed by atoms with Gasteiger partial charge in [-0.05, 0) is 29.8 Å². The van der Waals surface area contributed by atoms with Gasteiger partial charge in [-0.15, -0.1) is 0 Å². The first-order chi connectivity index (χ1) is 15.8. The number of fused-ring (bicyclic) bond motifs is 3. The summed E-state index contributed by atoms with van der Waals surface area (Å²) in [4.78, 5) is 35.3. The Bertz CT molecular complexity index is 1650. The van der Waals surface area contributed by atoms with Crippen molar-refractivity contribution in [1.82, 2.24) is 19.5 Å². The number of rotatable bonds is 3. The molecule has 0 spiro atoms. The fourth-order valence-corrected chi connectivity index (χ4v) is 3.24. The third-order valence-corrected chi connectivity index (χ3v) is 4.69. The average Bonchev–Trinajstić information content (AvgIpc) is 3.18. The summed E-state index contributed by atoms with van der Waals surface area (Å²) in [6.07, 6.45) is -0.440. The zero-order valence-electron chi connectivity index (χ0n) is 16.4. The SMILES string of the molecule is O=c1oc2ccc3c(nc(/C=C/c4ccccc4)n3-c3nccc(C(F)(F)F)n3)c2oc1=O. The minimum atomic E-state index is -4.68. The van der Waals surface area contributed by atoms with E-state index in [1.54, 1.807) is 12.2 Å². The Morgan fingerprint density at radius 2 is 1.64 bits per heavy atom. The fraction of sp³-hybridized carbons (Fsp3) is 0.0455. The van der Waals surface area contributed by atoms with Crippen molar-refractivity contribution in [2.24, 2.45) is 0 Å². The average molecular weight is 452 g/mol. The molecule has 164 valence electrons. The molecule has 0 saturated heterocycles. The lowest BCUT2D eigenvalue weighted by Gasteiger charge is -2.09. The summed E-state index contributed by atoms with van der Waals surface area (Å²) in [5.41, 5.74) is -2.59. The number of benzene rings is 2. The summed E-state index contributed by atoms with van der Waals surface area (Å²) in [6.45, 7) is 0. The van der Waals surface area contributed by atoms with Crippen molar-refractivity contribution >= 4 is 34.4 Å². The third-order valence-electron chi connectivity index (χ3n) is 4.69. The molecule has 5 rings (SSSR count). The Hall–Kier alpha value is -4.54. The molecule has 0 bridgehead atoms. The van der Waals surface area contributed by atoms with Crippen LogP contribution in [0.1, 0.15) is 17.1 Å². The molecule has 8 nitrogen and oxygen atoms in total. The van der Waals surface area contributed by atoms with Gasteiger partial charge in [-0.2, -0.15) is 13.2 Å². The summed E-state index contributed by atoms with van der Waals surface area (Å²) in [7, 11) is 0. The van der Waals surface area contributed by atoms with Crippen LogP contribution in [-0.2, 0) is 6.18 Å². The molecule has 0 N–H and O–H groups in total. The maximum atomic E-state index is 13.3. The number of nitrogens with zero attached hydrogens (tertiary/aromatic N) is 4. The highest BCUT2D eigenvalue weighted by Gasteiger charge is 2.33. The van der Waals surface area contributed by atoms with Crippen molar-refractivity contribution in [3.63, 3.8) is 0 Å². The minimum absolute atomic E-state index is 0.0414. The van der Waals surface area contributed by atoms with E-state index in [4.69, 9.17) is 8.83 Å². The number of hydrogen-bond acceptors (Lipinski definition) is 7. The van der Waals surface area contributed by atoms with Crippen LogP contribution in [0.2, 0.25) is 0 Å². The van der Waals surface area contributed by atoms with Crippen LogP contribution in [0.5, 0.6) is 0 Å². The Labute approximate surface area is 181 Å². The summed E-state index contributed by atoms with van der Waals surface area (Å²) < 4.78 is 51.1. The molecule has 0 aliphatic carbocycles. The Morgan fingerprint density at radius 1 is 0.879 bits per heavy atom. The van der Waals surface area contributed by atoms with Crippen LogP contribution in [0.3, 0.4) is 0 Å². The van der Waals surface area contributed by atoms with Crippen LogP contribution in [0.4, 0.5) is 13.2 Å². The molecular formula is C22H11F3N4O4. The topological polar surface area (TPSA) is 104 Å².